The van der Waals surface area contributed by atoms with E-state index in [0.717, 1.165) is 5.70 Å². The molecule has 1 aliphatic carbocycles. The first-order valence-corrected chi connectivity index (χ1v) is 10.3. The minimum atomic E-state index is -0.443. The third-order valence-electron chi connectivity index (χ3n) is 4.65. The van der Waals surface area contributed by atoms with Gasteiger partial charge in [0.2, 0.25) is 11.7 Å². The molecular weight excluding hydrogens is 441 g/mol. The van der Waals surface area contributed by atoms with Crippen LogP contribution in [0.2, 0.25) is 10.0 Å². The highest BCUT2D eigenvalue weighted by molar-refractivity contribution is 6.30. The third kappa shape index (κ3) is 5.37. The zero-order valence-electron chi connectivity index (χ0n) is 16.6. The van der Waals surface area contributed by atoms with Gasteiger partial charge in [-0.25, -0.2) is 0 Å². The minimum absolute atomic E-state index is 0.110. The van der Waals surface area contributed by atoms with Crippen molar-refractivity contribution in [1.82, 2.24) is 15.5 Å². The first-order valence-electron chi connectivity index (χ1n) is 9.51. The van der Waals surface area contributed by atoms with Crippen LogP contribution in [0.15, 0.2) is 64.8 Å². The summed E-state index contributed by atoms with van der Waals surface area (Å²) in [5, 5.41) is 7.98. The summed E-state index contributed by atoms with van der Waals surface area (Å²) in [7, 11) is 0. The van der Waals surface area contributed by atoms with E-state index in [1.165, 1.54) is 0 Å². The summed E-state index contributed by atoms with van der Waals surface area (Å²) in [6.07, 6.45) is 2.46. The summed E-state index contributed by atoms with van der Waals surface area (Å²) >= 11 is 11.8. The molecule has 1 aliphatic rings. The number of hydrogen-bond acceptors (Lipinski definition) is 6. The van der Waals surface area contributed by atoms with Crippen molar-refractivity contribution in [2.24, 2.45) is 0 Å². The predicted octanol–water partition coefficient (Wildman–Crippen LogP) is 4.70. The van der Waals surface area contributed by atoms with Crippen molar-refractivity contribution >= 4 is 29.1 Å². The molecule has 1 heterocycles. The highest BCUT2D eigenvalue weighted by Gasteiger charge is 2.39. The Morgan fingerprint density at radius 3 is 2.65 bits per heavy atom. The van der Waals surface area contributed by atoms with Crippen LogP contribution in [-0.4, -0.2) is 22.7 Å². The molecule has 0 bridgehead atoms. The molecule has 0 saturated heterocycles. The number of aromatic nitrogens is 2. The summed E-state index contributed by atoms with van der Waals surface area (Å²) < 4.78 is 16.5. The summed E-state index contributed by atoms with van der Waals surface area (Å²) in [4.78, 5) is 16.5. The fraction of sp³-hybridized carbons (Fsp3) is 0.227. The second-order valence-corrected chi connectivity index (χ2v) is 8.19. The molecule has 0 saturated carbocycles. The molecule has 0 fully saturated rings. The lowest BCUT2D eigenvalue weighted by molar-refractivity contribution is -0.122. The van der Waals surface area contributed by atoms with Crippen molar-refractivity contribution in [2.45, 2.75) is 25.4 Å². The maximum atomic E-state index is 12.1. The zero-order chi connectivity index (χ0) is 21.8. The third-order valence-corrected chi connectivity index (χ3v) is 5.14. The van der Waals surface area contributed by atoms with Crippen LogP contribution < -0.4 is 14.8 Å². The van der Waals surface area contributed by atoms with Crippen molar-refractivity contribution in [2.75, 3.05) is 6.61 Å². The molecule has 3 aromatic rings. The smallest absolute Gasteiger partial charge is 0.262 e. The van der Waals surface area contributed by atoms with E-state index in [0.29, 0.717) is 39.7 Å². The van der Waals surface area contributed by atoms with E-state index in [1.54, 1.807) is 48.5 Å². The highest BCUT2D eigenvalue weighted by Crippen LogP contribution is 2.39. The molecule has 1 aromatic heterocycles. The van der Waals surface area contributed by atoms with Gasteiger partial charge in [-0.2, -0.15) is 4.98 Å². The van der Waals surface area contributed by atoms with Gasteiger partial charge in [-0.1, -0.05) is 34.4 Å². The Balaban J connectivity index is 1.27. The van der Waals surface area contributed by atoms with Gasteiger partial charge in [0, 0.05) is 22.2 Å². The van der Waals surface area contributed by atoms with Crippen LogP contribution in [0.25, 0.3) is 0 Å². The van der Waals surface area contributed by atoms with E-state index in [-0.39, 0.29) is 19.1 Å². The van der Waals surface area contributed by atoms with Gasteiger partial charge >= 0.3 is 0 Å². The van der Waals surface area contributed by atoms with Gasteiger partial charge in [0.1, 0.15) is 11.5 Å². The van der Waals surface area contributed by atoms with E-state index >= 15 is 0 Å². The molecule has 0 aliphatic heterocycles. The predicted molar refractivity (Wildman–Crippen MR) is 115 cm³/mol. The van der Waals surface area contributed by atoms with Crippen LogP contribution in [-0.2, 0) is 16.8 Å². The Hall–Kier alpha value is -3.03. The Kier molecular flexibility index (Phi) is 6.15. The van der Waals surface area contributed by atoms with Gasteiger partial charge in [-0.3, -0.25) is 4.79 Å². The SMILES string of the molecule is CC1(c2nc(COc3ccc(Cl)cc3)no2)C=C(NC(=O)COc2cccc(Cl)c2)C1. The number of nitrogens with zero attached hydrogens (tertiary/aromatic N) is 2. The van der Waals surface area contributed by atoms with Crippen molar-refractivity contribution in [3.8, 4) is 11.5 Å². The van der Waals surface area contributed by atoms with Crippen molar-refractivity contribution < 1.29 is 18.8 Å². The second kappa shape index (κ2) is 8.99. The lowest BCUT2D eigenvalue weighted by atomic mass is 9.75. The Labute approximate surface area is 188 Å². The lowest BCUT2D eigenvalue weighted by Gasteiger charge is -2.33. The molecule has 2 aromatic carbocycles. The summed E-state index contributed by atoms with van der Waals surface area (Å²) in [6.45, 7) is 2.03. The second-order valence-electron chi connectivity index (χ2n) is 7.32. The summed E-state index contributed by atoms with van der Waals surface area (Å²) in [5.74, 6) is 1.85. The van der Waals surface area contributed by atoms with E-state index in [9.17, 15) is 4.79 Å². The normalized spacial score (nSPS) is 17.5. The minimum Gasteiger partial charge on any atom is -0.485 e. The number of hydrogen-bond donors (Lipinski definition) is 1. The summed E-state index contributed by atoms with van der Waals surface area (Å²) in [5.41, 5.74) is 0.335. The number of allylic oxidation sites excluding steroid dienone is 2. The van der Waals surface area contributed by atoms with Gasteiger partial charge in [0.25, 0.3) is 5.91 Å². The maximum absolute atomic E-state index is 12.1. The molecule has 1 amide bonds. The molecule has 4 rings (SSSR count). The van der Waals surface area contributed by atoms with E-state index in [2.05, 4.69) is 15.5 Å². The number of ether oxygens (including phenoxy) is 2. The molecule has 31 heavy (non-hydrogen) atoms. The van der Waals surface area contributed by atoms with Gasteiger partial charge in [0.05, 0.1) is 5.41 Å². The Morgan fingerprint density at radius 2 is 1.90 bits per heavy atom. The van der Waals surface area contributed by atoms with Gasteiger partial charge < -0.3 is 19.3 Å². The quantitative estimate of drug-likeness (QED) is 0.525. The molecule has 0 radical (unpaired) electrons. The first kappa shape index (κ1) is 21.2. The monoisotopic (exact) mass is 459 g/mol. The van der Waals surface area contributed by atoms with Crippen molar-refractivity contribution in [3.05, 3.63) is 82.1 Å². The Bertz CT molecular complexity index is 1110. The summed E-state index contributed by atoms with van der Waals surface area (Å²) in [6, 6.07) is 13.9. The highest BCUT2D eigenvalue weighted by atomic mass is 35.5. The van der Waals surface area contributed by atoms with Crippen molar-refractivity contribution in [1.29, 1.82) is 0 Å². The number of rotatable bonds is 8. The fourth-order valence-corrected chi connectivity index (χ4v) is 3.42. The molecule has 7 nitrogen and oxygen atoms in total. The largest absolute Gasteiger partial charge is 0.485 e. The van der Waals surface area contributed by atoms with Crippen LogP contribution in [0.5, 0.6) is 11.5 Å². The van der Waals surface area contributed by atoms with Crippen LogP contribution in [0.1, 0.15) is 25.1 Å². The van der Waals surface area contributed by atoms with Gasteiger partial charge in [-0.05, 0) is 55.5 Å². The van der Waals surface area contributed by atoms with E-state index in [4.69, 9.17) is 37.2 Å². The van der Waals surface area contributed by atoms with Crippen LogP contribution >= 0.6 is 23.2 Å². The van der Waals surface area contributed by atoms with Crippen molar-refractivity contribution in [3.63, 3.8) is 0 Å². The topological polar surface area (TPSA) is 86.5 Å². The molecule has 1 atom stereocenters. The molecule has 1 unspecified atom stereocenters. The van der Waals surface area contributed by atoms with E-state index < -0.39 is 5.41 Å². The lowest BCUT2D eigenvalue weighted by Crippen LogP contribution is -2.39. The molecule has 160 valence electrons. The number of halogens is 2. The average molecular weight is 460 g/mol. The zero-order valence-corrected chi connectivity index (χ0v) is 18.1. The molecule has 0 spiro atoms. The molecule has 1 N–H and O–H groups in total. The van der Waals surface area contributed by atoms with Crippen LogP contribution in [0.3, 0.4) is 0 Å². The number of carbonyl (C=O) groups is 1. The molecule has 9 heteroatoms. The first-order chi connectivity index (χ1) is 14.9. The van der Waals surface area contributed by atoms with Gasteiger partial charge in [0.15, 0.2) is 13.2 Å². The van der Waals surface area contributed by atoms with Crippen LogP contribution in [0.4, 0.5) is 0 Å². The number of nitrogens with one attached hydrogen (secondary N) is 1. The van der Waals surface area contributed by atoms with E-state index in [1.807, 2.05) is 13.0 Å². The van der Waals surface area contributed by atoms with Crippen LogP contribution in [0, 0.1) is 0 Å². The maximum Gasteiger partial charge on any atom is 0.262 e. The number of amides is 1. The Morgan fingerprint density at radius 1 is 1.13 bits per heavy atom. The standard InChI is InChI=1S/C22H19Cl2N3O4/c1-22(21-26-19(27-31-21)12-29-17-7-5-14(23)6-8-17)10-16(11-22)25-20(28)13-30-18-4-2-3-15(24)9-18/h2-10H,11-13H2,1H3,(H,25,28). The fourth-order valence-electron chi connectivity index (χ4n) is 3.11. The average Bonchev–Trinajstić information content (AvgIpc) is 3.20. The van der Waals surface area contributed by atoms with Gasteiger partial charge in [-0.15, -0.1) is 0 Å². The molecular formula is C22H19Cl2N3O4. The number of carbonyl (C=O) groups excluding carboxylic acids is 1. The number of benzene rings is 2.